The lowest BCUT2D eigenvalue weighted by Crippen LogP contribution is -2.25. The summed E-state index contributed by atoms with van der Waals surface area (Å²) in [5, 5.41) is 5.63. The maximum Gasteiger partial charge on any atom is 0.251 e. The van der Waals surface area contributed by atoms with Crippen molar-refractivity contribution in [1.29, 1.82) is 0 Å². The summed E-state index contributed by atoms with van der Waals surface area (Å²) in [6.45, 7) is 0.562. The first-order valence-corrected chi connectivity index (χ1v) is 6.82. The first-order chi connectivity index (χ1) is 10.2. The molecule has 0 aliphatic carbocycles. The van der Waals surface area contributed by atoms with Crippen molar-refractivity contribution in [3.63, 3.8) is 0 Å². The molecular weight excluding hydrogens is 266 g/mol. The molecule has 2 amide bonds. The standard InChI is InChI=1S/C16H15N3O2/c20-15-10-12-1-2-13(9-14(12)19-15)16(21)18-8-5-11-3-6-17-7-4-11/h1-4,6-7,9H,5,8,10H2,(H,18,21)(H,19,20). The maximum atomic E-state index is 12.1. The summed E-state index contributed by atoms with van der Waals surface area (Å²) in [6, 6.07) is 9.15. The lowest BCUT2D eigenvalue weighted by Gasteiger charge is -2.07. The number of pyridine rings is 1. The van der Waals surface area contributed by atoms with E-state index in [-0.39, 0.29) is 11.8 Å². The average Bonchev–Trinajstić information content (AvgIpc) is 2.87. The molecule has 106 valence electrons. The molecule has 1 aromatic heterocycles. The summed E-state index contributed by atoms with van der Waals surface area (Å²) in [5.74, 6) is -0.159. The van der Waals surface area contributed by atoms with Gasteiger partial charge in [-0.3, -0.25) is 14.6 Å². The molecule has 5 nitrogen and oxygen atoms in total. The lowest BCUT2D eigenvalue weighted by atomic mass is 10.1. The van der Waals surface area contributed by atoms with Gasteiger partial charge in [-0.1, -0.05) is 6.07 Å². The van der Waals surface area contributed by atoms with Crippen LogP contribution in [0, 0.1) is 0 Å². The second-order valence-corrected chi connectivity index (χ2v) is 4.96. The highest BCUT2D eigenvalue weighted by molar-refractivity contribution is 6.02. The highest BCUT2D eigenvalue weighted by atomic mass is 16.2. The third kappa shape index (κ3) is 3.08. The van der Waals surface area contributed by atoms with Crippen molar-refractivity contribution in [3.05, 3.63) is 59.4 Å². The van der Waals surface area contributed by atoms with Crippen LogP contribution < -0.4 is 10.6 Å². The van der Waals surface area contributed by atoms with Gasteiger partial charge in [0.2, 0.25) is 5.91 Å². The largest absolute Gasteiger partial charge is 0.352 e. The Hall–Kier alpha value is -2.69. The molecule has 0 spiro atoms. The Morgan fingerprint density at radius 1 is 1.24 bits per heavy atom. The molecule has 0 radical (unpaired) electrons. The molecule has 1 aliphatic rings. The van der Waals surface area contributed by atoms with Gasteiger partial charge in [-0.15, -0.1) is 0 Å². The number of hydrogen-bond donors (Lipinski definition) is 2. The highest BCUT2D eigenvalue weighted by Crippen LogP contribution is 2.23. The zero-order valence-corrected chi connectivity index (χ0v) is 11.4. The fraction of sp³-hybridized carbons (Fsp3) is 0.188. The summed E-state index contributed by atoms with van der Waals surface area (Å²) in [7, 11) is 0. The molecule has 0 atom stereocenters. The summed E-state index contributed by atoms with van der Waals surface area (Å²) >= 11 is 0. The van der Waals surface area contributed by atoms with Gasteiger partial charge in [0.25, 0.3) is 5.91 Å². The molecule has 1 aliphatic heterocycles. The van der Waals surface area contributed by atoms with Crippen molar-refractivity contribution in [1.82, 2.24) is 10.3 Å². The molecule has 0 unspecified atom stereocenters. The van der Waals surface area contributed by atoms with Crippen LogP contribution in [0.5, 0.6) is 0 Å². The predicted molar refractivity (Wildman–Crippen MR) is 79.0 cm³/mol. The van der Waals surface area contributed by atoms with Crippen LogP contribution >= 0.6 is 0 Å². The van der Waals surface area contributed by atoms with E-state index in [1.165, 1.54) is 0 Å². The third-order valence-corrected chi connectivity index (χ3v) is 3.45. The van der Waals surface area contributed by atoms with Crippen molar-refractivity contribution < 1.29 is 9.59 Å². The molecule has 0 bridgehead atoms. The Balaban J connectivity index is 1.59. The molecule has 0 fully saturated rings. The van der Waals surface area contributed by atoms with E-state index in [1.54, 1.807) is 24.5 Å². The quantitative estimate of drug-likeness (QED) is 0.893. The van der Waals surface area contributed by atoms with Crippen LogP contribution in [-0.4, -0.2) is 23.3 Å². The van der Waals surface area contributed by atoms with Gasteiger partial charge in [-0.2, -0.15) is 0 Å². The number of carbonyl (C=O) groups excluding carboxylic acids is 2. The van der Waals surface area contributed by atoms with Crippen LogP contribution in [0.4, 0.5) is 5.69 Å². The van der Waals surface area contributed by atoms with Crippen molar-refractivity contribution in [2.45, 2.75) is 12.8 Å². The number of aromatic nitrogens is 1. The van der Waals surface area contributed by atoms with E-state index in [9.17, 15) is 9.59 Å². The molecule has 21 heavy (non-hydrogen) atoms. The van der Waals surface area contributed by atoms with Crippen LogP contribution in [0.3, 0.4) is 0 Å². The molecule has 1 aromatic carbocycles. The van der Waals surface area contributed by atoms with Crippen LogP contribution in [0.15, 0.2) is 42.7 Å². The van der Waals surface area contributed by atoms with Gasteiger partial charge in [-0.25, -0.2) is 0 Å². The third-order valence-electron chi connectivity index (χ3n) is 3.45. The molecule has 2 N–H and O–H groups in total. The molecule has 2 heterocycles. The van der Waals surface area contributed by atoms with Gasteiger partial charge in [0.15, 0.2) is 0 Å². The van der Waals surface area contributed by atoms with Crippen molar-refractivity contribution >= 4 is 17.5 Å². The second-order valence-electron chi connectivity index (χ2n) is 4.96. The second kappa shape index (κ2) is 5.75. The molecule has 0 saturated carbocycles. The van der Waals surface area contributed by atoms with Crippen LogP contribution in [0.25, 0.3) is 0 Å². The first-order valence-electron chi connectivity index (χ1n) is 6.82. The normalized spacial score (nSPS) is 12.7. The van der Waals surface area contributed by atoms with E-state index >= 15 is 0 Å². The van der Waals surface area contributed by atoms with E-state index in [4.69, 9.17) is 0 Å². The number of anilines is 1. The maximum absolute atomic E-state index is 12.1. The number of fused-ring (bicyclic) bond motifs is 1. The van der Waals surface area contributed by atoms with Gasteiger partial charge in [0.1, 0.15) is 0 Å². The smallest absolute Gasteiger partial charge is 0.251 e. The minimum absolute atomic E-state index is 0.0276. The van der Waals surface area contributed by atoms with Crippen molar-refractivity contribution in [2.24, 2.45) is 0 Å². The zero-order valence-electron chi connectivity index (χ0n) is 11.4. The number of nitrogens with one attached hydrogen (secondary N) is 2. The summed E-state index contributed by atoms with van der Waals surface area (Å²) < 4.78 is 0. The topological polar surface area (TPSA) is 71.1 Å². The van der Waals surface area contributed by atoms with Crippen LogP contribution in [-0.2, 0) is 17.6 Å². The van der Waals surface area contributed by atoms with E-state index in [0.717, 1.165) is 23.2 Å². The Morgan fingerprint density at radius 3 is 2.86 bits per heavy atom. The van der Waals surface area contributed by atoms with Gasteiger partial charge in [-0.05, 0) is 41.8 Å². The summed E-state index contributed by atoms with van der Waals surface area (Å²) in [6.07, 6.45) is 4.62. The number of carbonyl (C=O) groups is 2. The fourth-order valence-electron chi connectivity index (χ4n) is 2.33. The van der Waals surface area contributed by atoms with E-state index < -0.39 is 0 Å². The molecule has 2 aromatic rings. The summed E-state index contributed by atoms with van der Waals surface area (Å²) in [4.78, 5) is 27.3. The van der Waals surface area contributed by atoms with Gasteiger partial charge in [0.05, 0.1) is 6.42 Å². The number of amides is 2. The minimum atomic E-state index is -0.131. The Morgan fingerprint density at radius 2 is 2.05 bits per heavy atom. The number of benzene rings is 1. The number of rotatable bonds is 4. The molecule has 0 saturated heterocycles. The van der Waals surface area contributed by atoms with Crippen LogP contribution in [0.2, 0.25) is 0 Å². The Bertz CT molecular complexity index is 683. The molecular formula is C16H15N3O2. The minimum Gasteiger partial charge on any atom is -0.352 e. The number of hydrogen-bond acceptors (Lipinski definition) is 3. The van der Waals surface area contributed by atoms with Gasteiger partial charge >= 0.3 is 0 Å². The average molecular weight is 281 g/mol. The van der Waals surface area contributed by atoms with E-state index in [2.05, 4.69) is 15.6 Å². The van der Waals surface area contributed by atoms with Crippen molar-refractivity contribution in [2.75, 3.05) is 11.9 Å². The lowest BCUT2D eigenvalue weighted by molar-refractivity contribution is -0.115. The van der Waals surface area contributed by atoms with Crippen molar-refractivity contribution in [3.8, 4) is 0 Å². The number of nitrogens with zero attached hydrogens (tertiary/aromatic N) is 1. The molecule has 5 heteroatoms. The highest BCUT2D eigenvalue weighted by Gasteiger charge is 2.18. The SMILES string of the molecule is O=C1Cc2ccc(C(=O)NCCc3ccncc3)cc2N1. The summed E-state index contributed by atoms with van der Waals surface area (Å²) in [5.41, 5.74) is 3.37. The monoisotopic (exact) mass is 281 g/mol. The Kier molecular flexibility index (Phi) is 3.64. The molecule has 3 rings (SSSR count). The zero-order chi connectivity index (χ0) is 14.7. The van der Waals surface area contributed by atoms with Gasteiger partial charge in [0, 0.05) is 30.2 Å². The van der Waals surface area contributed by atoms with E-state index in [1.807, 2.05) is 18.2 Å². The van der Waals surface area contributed by atoms with Gasteiger partial charge < -0.3 is 10.6 Å². The Labute approximate surface area is 122 Å². The van der Waals surface area contributed by atoms with Crippen LogP contribution in [0.1, 0.15) is 21.5 Å². The fourth-order valence-corrected chi connectivity index (χ4v) is 2.33. The van der Waals surface area contributed by atoms with E-state index in [0.29, 0.717) is 18.5 Å². The predicted octanol–water partition coefficient (Wildman–Crippen LogP) is 1.55. The first kappa shape index (κ1) is 13.3.